The summed E-state index contributed by atoms with van der Waals surface area (Å²) in [6, 6.07) is 16.7. The number of carbonyl (C=O) groups excluding carboxylic acids is 2. The molecule has 8 nitrogen and oxygen atoms in total. The number of ether oxygens (including phenoxy) is 2. The smallest absolute Gasteiger partial charge is 0.330 e. The summed E-state index contributed by atoms with van der Waals surface area (Å²) in [5.74, 6) is 0.611. The van der Waals surface area contributed by atoms with Gasteiger partial charge in [0.05, 0.1) is 19.8 Å². The Hall–Kier alpha value is -3.36. The summed E-state index contributed by atoms with van der Waals surface area (Å²) in [7, 11) is 9.61. The third-order valence-corrected chi connectivity index (χ3v) is 9.21. The van der Waals surface area contributed by atoms with Crippen molar-refractivity contribution < 1.29 is 19.1 Å². The third-order valence-electron chi connectivity index (χ3n) is 9.21. The van der Waals surface area contributed by atoms with Crippen molar-refractivity contribution in [2.75, 3.05) is 82.8 Å². The average molecular weight is 605 g/mol. The maximum absolute atomic E-state index is 14.3. The van der Waals surface area contributed by atoms with E-state index in [0.717, 1.165) is 69.6 Å². The first-order valence-electron chi connectivity index (χ1n) is 16.1. The van der Waals surface area contributed by atoms with Crippen molar-refractivity contribution in [1.82, 2.24) is 4.90 Å². The summed E-state index contributed by atoms with van der Waals surface area (Å²) < 4.78 is 10.9. The number of nitrogens with zero attached hydrogens (tertiary/aromatic N) is 4. The van der Waals surface area contributed by atoms with Crippen LogP contribution in [0.15, 0.2) is 54.6 Å². The van der Waals surface area contributed by atoms with Gasteiger partial charge in [0.25, 0.3) is 0 Å². The summed E-state index contributed by atoms with van der Waals surface area (Å²) in [6.07, 6.45) is 7.96. The van der Waals surface area contributed by atoms with E-state index in [1.54, 1.807) is 6.08 Å². The Morgan fingerprint density at radius 1 is 0.955 bits per heavy atom. The summed E-state index contributed by atoms with van der Waals surface area (Å²) in [6.45, 7) is 6.58. The van der Waals surface area contributed by atoms with Crippen molar-refractivity contribution in [3.63, 3.8) is 0 Å². The van der Waals surface area contributed by atoms with E-state index in [-0.39, 0.29) is 17.9 Å². The predicted octanol–water partition coefficient (Wildman–Crippen LogP) is 5.57. The highest BCUT2D eigenvalue weighted by Gasteiger charge is 2.34. The molecule has 2 atom stereocenters. The molecule has 2 aromatic carbocycles. The van der Waals surface area contributed by atoms with E-state index in [0.29, 0.717) is 18.4 Å². The minimum absolute atomic E-state index is 0.0106. The van der Waals surface area contributed by atoms with Crippen LogP contribution in [0, 0.1) is 17.8 Å². The van der Waals surface area contributed by atoms with Gasteiger partial charge in [-0.25, -0.2) is 4.79 Å². The average Bonchev–Trinajstić information content (AvgIpc) is 3.03. The fourth-order valence-electron chi connectivity index (χ4n) is 6.35. The molecule has 0 N–H and O–H groups in total. The molecule has 1 aliphatic carbocycles. The Kier molecular flexibility index (Phi) is 12.3. The minimum atomic E-state index is -0.398. The van der Waals surface area contributed by atoms with Crippen molar-refractivity contribution in [2.45, 2.75) is 45.1 Å². The predicted molar refractivity (Wildman–Crippen MR) is 180 cm³/mol. The first-order chi connectivity index (χ1) is 21.1. The van der Waals surface area contributed by atoms with Crippen LogP contribution in [0.4, 0.5) is 17.1 Å². The molecule has 240 valence electrons. The van der Waals surface area contributed by atoms with E-state index >= 15 is 0 Å². The van der Waals surface area contributed by atoms with Gasteiger partial charge in [-0.3, -0.25) is 4.79 Å². The van der Waals surface area contributed by atoms with E-state index in [1.165, 1.54) is 24.6 Å². The van der Waals surface area contributed by atoms with E-state index < -0.39 is 5.97 Å². The molecule has 2 unspecified atom stereocenters. The maximum Gasteiger partial charge on any atom is 0.330 e. The summed E-state index contributed by atoms with van der Waals surface area (Å²) >= 11 is 0. The second-order valence-corrected chi connectivity index (χ2v) is 12.9. The zero-order valence-corrected chi connectivity index (χ0v) is 27.6. The Morgan fingerprint density at radius 3 is 2.32 bits per heavy atom. The van der Waals surface area contributed by atoms with E-state index in [4.69, 9.17) is 9.47 Å². The molecule has 4 rings (SSSR count). The number of esters is 1. The molecule has 2 aromatic rings. The molecular formula is C36H52N4O4. The molecule has 0 bridgehead atoms. The van der Waals surface area contributed by atoms with Crippen LogP contribution in [0.2, 0.25) is 0 Å². The van der Waals surface area contributed by atoms with Crippen molar-refractivity contribution >= 4 is 35.0 Å². The van der Waals surface area contributed by atoms with Gasteiger partial charge in [0.15, 0.2) is 0 Å². The highest BCUT2D eigenvalue weighted by Crippen LogP contribution is 2.34. The van der Waals surface area contributed by atoms with Crippen LogP contribution >= 0.6 is 0 Å². The summed E-state index contributed by atoms with van der Waals surface area (Å²) in [4.78, 5) is 34.7. The van der Waals surface area contributed by atoms with Crippen LogP contribution in [0.25, 0.3) is 6.08 Å². The van der Waals surface area contributed by atoms with Gasteiger partial charge in [-0.15, -0.1) is 0 Å². The molecule has 0 spiro atoms. The Bertz CT molecular complexity index is 1240. The van der Waals surface area contributed by atoms with Gasteiger partial charge < -0.3 is 29.1 Å². The number of benzene rings is 2. The number of likely N-dealkylation sites (N-methyl/N-ethyl adjacent to an activating group) is 1. The second-order valence-electron chi connectivity index (χ2n) is 12.9. The number of anilines is 3. The fourth-order valence-corrected chi connectivity index (χ4v) is 6.35. The van der Waals surface area contributed by atoms with Crippen molar-refractivity contribution in [1.29, 1.82) is 0 Å². The number of carbonyl (C=O) groups is 2. The SMILES string of the molecule is COC(=O)/C=C/c1cccc(N(CC2CCN(c3ccc(N(C)C)cc3)CC2C)C(=O)C2CCC(OCCN(C)C)CC2)c1. The number of amides is 1. The molecule has 1 heterocycles. The minimum Gasteiger partial charge on any atom is -0.466 e. The number of methoxy groups -OCH3 is 1. The standard InChI is InChI=1S/C36H52N4O4/c1-27-25-39(32-15-13-31(14-16-32)38(4)5)21-20-30(27)26-40(33-9-7-8-28(24-33)10-19-35(41)43-6)36(42)29-11-17-34(18-12-29)44-23-22-37(2)3/h7-10,13-16,19,24,27,29-30,34H,11-12,17-18,20-23,25-26H2,1-6H3/b19-10+. The highest BCUT2D eigenvalue weighted by molar-refractivity contribution is 5.95. The largest absolute Gasteiger partial charge is 0.466 e. The first-order valence-corrected chi connectivity index (χ1v) is 16.1. The topological polar surface area (TPSA) is 65.6 Å². The van der Waals surface area contributed by atoms with Gasteiger partial charge in [0.2, 0.25) is 5.91 Å². The van der Waals surface area contributed by atoms with E-state index in [9.17, 15) is 9.59 Å². The molecule has 0 aromatic heterocycles. The third kappa shape index (κ3) is 9.32. The van der Waals surface area contributed by atoms with Gasteiger partial charge in [0.1, 0.15) is 0 Å². The van der Waals surface area contributed by atoms with Gasteiger partial charge in [-0.05, 0) is 106 Å². The van der Waals surface area contributed by atoms with Crippen LogP contribution < -0.4 is 14.7 Å². The molecule has 2 aliphatic rings. The molecule has 1 amide bonds. The lowest BCUT2D eigenvalue weighted by atomic mass is 9.84. The second kappa shape index (κ2) is 16.1. The molecule has 1 saturated carbocycles. The van der Waals surface area contributed by atoms with Gasteiger partial charge in [-0.1, -0.05) is 19.1 Å². The molecule has 1 saturated heterocycles. The molecule has 1 aliphatic heterocycles. The van der Waals surface area contributed by atoms with Crippen molar-refractivity contribution in [2.24, 2.45) is 17.8 Å². The van der Waals surface area contributed by atoms with Crippen LogP contribution in [-0.4, -0.2) is 91.0 Å². The molecule has 44 heavy (non-hydrogen) atoms. The first kappa shape index (κ1) is 33.5. The fraction of sp³-hybridized carbons (Fsp3) is 0.556. The Morgan fingerprint density at radius 2 is 1.68 bits per heavy atom. The normalized spacial score (nSPS) is 22.3. The molecular weight excluding hydrogens is 552 g/mol. The monoisotopic (exact) mass is 604 g/mol. The van der Waals surface area contributed by atoms with E-state index in [1.807, 2.05) is 29.2 Å². The molecule has 8 heteroatoms. The van der Waals surface area contributed by atoms with E-state index in [2.05, 4.69) is 74.1 Å². The summed E-state index contributed by atoms with van der Waals surface area (Å²) in [5, 5.41) is 0. The van der Waals surface area contributed by atoms with Crippen molar-refractivity contribution in [3.05, 3.63) is 60.2 Å². The lowest BCUT2D eigenvalue weighted by Crippen LogP contribution is -2.47. The zero-order valence-electron chi connectivity index (χ0n) is 27.6. The molecule has 2 fully saturated rings. The summed E-state index contributed by atoms with van der Waals surface area (Å²) in [5.41, 5.74) is 4.21. The zero-order chi connectivity index (χ0) is 31.6. The Labute approximate surface area is 264 Å². The Balaban J connectivity index is 1.47. The number of rotatable bonds is 12. The number of hydrogen-bond donors (Lipinski definition) is 0. The van der Waals surface area contributed by atoms with Crippen LogP contribution in [0.5, 0.6) is 0 Å². The highest BCUT2D eigenvalue weighted by atomic mass is 16.5. The lowest BCUT2D eigenvalue weighted by Gasteiger charge is -2.41. The quantitative estimate of drug-likeness (QED) is 0.232. The lowest BCUT2D eigenvalue weighted by molar-refractivity contribution is -0.134. The van der Waals surface area contributed by atoms with Gasteiger partial charge in [-0.2, -0.15) is 0 Å². The number of piperidine rings is 1. The van der Waals surface area contributed by atoms with Crippen molar-refractivity contribution in [3.8, 4) is 0 Å². The number of hydrogen-bond acceptors (Lipinski definition) is 7. The van der Waals surface area contributed by atoms with Gasteiger partial charge >= 0.3 is 5.97 Å². The van der Waals surface area contributed by atoms with Crippen LogP contribution in [0.3, 0.4) is 0 Å². The van der Waals surface area contributed by atoms with Crippen LogP contribution in [0.1, 0.15) is 44.6 Å². The van der Waals surface area contributed by atoms with Gasteiger partial charge in [0, 0.05) is 69.3 Å². The molecule has 0 radical (unpaired) electrons. The van der Waals surface area contributed by atoms with Crippen LogP contribution in [-0.2, 0) is 19.1 Å². The maximum atomic E-state index is 14.3.